The molecule has 2 aliphatic heterocycles. The fourth-order valence-electron chi connectivity index (χ4n) is 8.38. The van der Waals surface area contributed by atoms with Crippen molar-refractivity contribution in [3.63, 3.8) is 0 Å². The Hall–Kier alpha value is -9.08. The highest BCUT2D eigenvalue weighted by Crippen LogP contribution is 2.36. The van der Waals surface area contributed by atoms with Crippen molar-refractivity contribution >= 4 is 106 Å². The van der Waals surface area contributed by atoms with E-state index in [0.29, 0.717) is 71.0 Å². The van der Waals surface area contributed by atoms with E-state index in [1.165, 1.54) is 42.3 Å². The SMILES string of the molecule is COc1cc2nc(N3CCN(C(C)=O)CC3NC(=O)CNC(=O)OCc3ccccc3)nc(N)c2cc1OC.COc1cc2nc(N3CCN(C(C)=O)CC3NC(=O)CNC(=O)OCc3ccccc3)nc(N)c2cc1OC.Cl.Cl.O. The summed E-state index contributed by atoms with van der Waals surface area (Å²) >= 11 is 0. The number of piperazine rings is 2. The number of carbonyl (C=O) groups excluding carboxylic acids is 6. The van der Waals surface area contributed by atoms with Gasteiger partial charge in [-0.3, -0.25) is 19.2 Å². The number of hydrogen-bond acceptors (Lipinski definition) is 20. The average molecular weight is 1170 g/mol. The monoisotopic (exact) mass is 1160 g/mol. The van der Waals surface area contributed by atoms with Gasteiger partial charge < -0.3 is 86.2 Å². The van der Waals surface area contributed by atoms with Crippen LogP contribution in [0.15, 0.2) is 84.9 Å². The van der Waals surface area contributed by atoms with Gasteiger partial charge in [0.2, 0.25) is 35.5 Å². The van der Waals surface area contributed by atoms with Crippen LogP contribution in [0.3, 0.4) is 0 Å². The minimum atomic E-state index is -0.727. The van der Waals surface area contributed by atoms with Crippen molar-refractivity contribution in [1.82, 2.24) is 51.0 Å². The largest absolute Gasteiger partial charge is 0.493 e. The molecule has 2 fully saturated rings. The molecular formula is C52H66Cl2N14O13. The van der Waals surface area contributed by atoms with Gasteiger partial charge in [0.05, 0.1) is 52.6 Å². The summed E-state index contributed by atoms with van der Waals surface area (Å²) in [4.78, 5) is 98.8. The normalized spacial score (nSPS) is 14.4. The Morgan fingerprint density at radius 1 is 0.531 bits per heavy atom. The average Bonchev–Trinajstić information content (AvgIpc) is 3.48. The third-order valence-electron chi connectivity index (χ3n) is 12.5. The molecule has 0 saturated carbocycles. The Labute approximate surface area is 478 Å². The fraction of sp³-hybridized carbons (Fsp3) is 0.346. The van der Waals surface area contributed by atoms with Crippen LogP contribution in [0.2, 0.25) is 0 Å². The Kier molecular flexibility index (Phi) is 24.1. The number of amides is 6. The molecule has 4 heterocycles. The summed E-state index contributed by atoms with van der Waals surface area (Å²) < 4.78 is 31.8. The Balaban J connectivity index is 0.000000336. The number of halogens is 2. The highest BCUT2D eigenvalue weighted by molar-refractivity contribution is 5.93. The lowest BCUT2D eigenvalue weighted by atomic mass is 10.2. The van der Waals surface area contributed by atoms with Gasteiger partial charge in [0.1, 0.15) is 50.3 Å². The second-order valence-electron chi connectivity index (χ2n) is 17.6. The van der Waals surface area contributed by atoms with Crippen molar-refractivity contribution in [2.45, 2.75) is 39.4 Å². The van der Waals surface area contributed by atoms with Crippen molar-refractivity contribution in [3.05, 3.63) is 96.1 Å². The van der Waals surface area contributed by atoms with E-state index in [1.54, 1.807) is 43.9 Å². The quantitative estimate of drug-likeness (QED) is 0.0811. The summed E-state index contributed by atoms with van der Waals surface area (Å²) in [6.45, 7) is 4.30. The van der Waals surface area contributed by atoms with Gasteiger partial charge in [-0.25, -0.2) is 19.6 Å². The second-order valence-corrected chi connectivity index (χ2v) is 17.6. The summed E-state index contributed by atoms with van der Waals surface area (Å²) in [5, 5.41) is 11.7. The number of anilines is 4. The van der Waals surface area contributed by atoms with E-state index in [9.17, 15) is 28.8 Å². The number of aromatic nitrogens is 4. The highest BCUT2D eigenvalue weighted by Gasteiger charge is 2.34. The van der Waals surface area contributed by atoms with E-state index < -0.39 is 36.3 Å². The Bertz CT molecular complexity index is 2930. The molecule has 0 aliphatic carbocycles. The first-order chi connectivity index (χ1) is 37.6. The van der Waals surface area contributed by atoms with E-state index in [-0.39, 0.29) is 105 Å². The fourth-order valence-corrected chi connectivity index (χ4v) is 8.38. The van der Waals surface area contributed by atoms with Gasteiger partial charge in [-0.2, -0.15) is 9.97 Å². The summed E-state index contributed by atoms with van der Waals surface area (Å²) in [5.74, 6) is 1.70. The predicted molar refractivity (Wildman–Crippen MR) is 305 cm³/mol. The van der Waals surface area contributed by atoms with Gasteiger partial charge in [0, 0.05) is 62.9 Å². The summed E-state index contributed by atoms with van der Waals surface area (Å²) in [5.41, 5.74) is 15.2. The summed E-state index contributed by atoms with van der Waals surface area (Å²) in [7, 11) is 6.09. The van der Waals surface area contributed by atoms with Crippen molar-refractivity contribution in [2.24, 2.45) is 0 Å². The minimum absolute atomic E-state index is 0. The number of fused-ring (bicyclic) bond motifs is 2. The molecule has 27 nitrogen and oxygen atoms in total. The van der Waals surface area contributed by atoms with E-state index in [2.05, 4.69) is 41.2 Å². The maximum atomic E-state index is 12.8. The van der Waals surface area contributed by atoms with E-state index in [0.717, 1.165) is 11.1 Å². The third kappa shape index (κ3) is 17.0. The molecule has 2 saturated heterocycles. The van der Waals surface area contributed by atoms with Gasteiger partial charge in [-0.05, 0) is 23.3 Å². The molecule has 2 unspecified atom stereocenters. The highest BCUT2D eigenvalue weighted by atomic mass is 35.5. The number of rotatable bonds is 16. The number of methoxy groups -OCH3 is 4. The van der Waals surface area contributed by atoms with Crippen LogP contribution in [0.5, 0.6) is 23.0 Å². The van der Waals surface area contributed by atoms with Crippen LogP contribution < -0.4 is 61.5 Å². The van der Waals surface area contributed by atoms with E-state index >= 15 is 0 Å². The molecule has 10 N–H and O–H groups in total. The molecule has 0 radical (unpaired) electrons. The third-order valence-corrected chi connectivity index (χ3v) is 12.5. The minimum Gasteiger partial charge on any atom is -0.493 e. The first-order valence-electron chi connectivity index (χ1n) is 24.5. The second kappa shape index (κ2) is 30.3. The van der Waals surface area contributed by atoms with Crippen LogP contribution in [-0.2, 0) is 41.9 Å². The van der Waals surface area contributed by atoms with Crippen molar-refractivity contribution in [1.29, 1.82) is 0 Å². The maximum absolute atomic E-state index is 12.8. The maximum Gasteiger partial charge on any atom is 0.407 e. The molecule has 6 aromatic rings. The number of hydrogen-bond donors (Lipinski definition) is 6. The zero-order valence-electron chi connectivity index (χ0n) is 45.3. The number of nitrogen functional groups attached to an aromatic ring is 2. The predicted octanol–water partition coefficient (Wildman–Crippen LogP) is 2.55. The molecule has 6 amide bonds. The molecule has 4 aromatic carbocycles. The van der Waals surface area contributed by atoms with Gasteiger partial charge in [0.15, 0.2) is 23.0 Å². The number of nitrogens with zero attached hydrogens (tertiary/aromatic N) is 8. The smallest absolute Gasteiger partial charge is 0.407 e. The van der Waals surface area contributed by atoms with Crippen molar-refractivity contribution in [3.8, 4) is 23.0 Å². The lowest BCUT2D eigenvalue weighted by molar-refractivity contribution is -0.131. The number of nitrogens with two attached hydrogens (primary N) is 2. The van der Waals surface area contributed by atoms with Crippen molar-refractivity contribution < 1.29 is 62.7 Å². The number of benzene rings is 4. The van der Waals surface area contributed by atoms with Gasteiger partial charge in [0.25, 0.3) is 0 Å². The summed E-state index contributed by atoms with van der Waals surface area (Å²) in [6.07, 6.45) is -2.80. The molecule has 2 aromatic heterocycles. The molecule has 2 aliphatic rings. The van der Waals surface area contributed by atoms with Crippen LogP contribution in [-0.4, -0.2) is 164 Å². The Morgan fingerprint density at radius 3 is 1.21 bits per heavy atom. The first kappa shape index (κ1) is 64.4. The number of carbonyl (C=O) groups is 6. The number of alkyl carbamates (subject to hydrolysis) is 2. The lowest BCUT2D eigenvalue weighted by Gasteiger charge is -2.41. The van der Waals surface area contributed by atoms with Crippen LogP contribution in [0.25, 0.3) is 21.8 Å². The molecule has 8 rings (SSSR count). The van der Waals surface area contributed by atoms with E-state index in [1.807, 2.05) is 60.7 Å². The molecular weight excluding hydrogens is 1100 g/mol. The van der Waals surface area contributed by atoms with Crippen LogP contribution in [0.1, 0.15) is 25.0 Å². The topological polar surface area (TPSA) is 354 Å². The lowest BCUT2D eigenvalue weighted by Crippen LogP contribution is -2.62. The molecule has 81 heavy (non-hydrogen) atoms. The van der Waals surface area contributed by atoms with Gasteiger partial charge in [-0.15, -0.1) is 24.8 Å². The van der Waals surface area contributed by atoms with Gasteiger partial charge in [-0.1, -0.05) is 60.7 Å². The number of nitrogens with one attached hydrogen (secondary N) is 4. The Morgan fingerprint density at radius 2 is 0.877 bits per heavy atom. The number of ether oxygens (including phenoxy) is 6. The molecule has 0 spiro atoms. The zero-order chi connectivity index (χ0) is 55.9. The van der Waals surface area contributed by atoms with E-state index in [4.69, 9.17) is 39.9 Å². The van der Waals surface area contributed by atoms with Crippen LogP contribution >= 0.6 is 24.8 Å². The van der Waals surface area contributed by atoms with Crippen LogP contribution in [0, 0.1) is 0 Å². The van der Waals surface area contributed by atoms with Gasteiger partial charge >= 0.3 is 12.2 Å². The zero-order valence-corrected chi connectivity index (χ0v) is 46.9. The van der Waals surface area contributed by atoms with Crippen molar-refractivity contribution in [2.75, 3.05) is 102 Å². The molecule has 436 valence electrons. The summed E-state index contributed by atoms with van der Waals surface area (Å²) in [6, 6.07) is 25.2. The van der Waals surface area contributed by atoms with Crippen LogP contribution in [0.4, 0.5) is 33.1 Å². The molecule has 0 bridgehead atoms. The standard InChI is InChI=1S/2C26H31N7O6.2ClH.H2O/c2*1-16(34)32-9-10-33(25-29-19-12-21(38-3)20(37-2)11-18(19)24(27)31-25)22(14-32)30-23(35)13-28-26(36)39-15-17-7-5-4-6-8-17;;;/h2*4-8,11-12,22H,9-10,13-15H2,1-3H3,(H,28,36)(H,30,35)(H2,27,29,31);2*1H;1H2. The molecule has 29 heteroatoms. The molecule has 2 atom stereocenters. The first-order valence-corrected chi connectivity index (χ1v) is 24.5.